The molecular formula is C22H25FN4O2. The molecular weight excluding hydrogens is 371 g/mol. The smallest absolute Gasteiger partial charge is 0.251 e. The SMILES string of the molecule is O=C(NCCN1CCC(NCc2nc3ccccc3o2)CC1)c1ccc(F)cc1. The number of benzene rings is 2. The van der Waals surface area contributed by atoms with Crippen LogP contribution in [0, 0.1) is 5.82 Å². The first-order valence-corrected chi connectivity index (χ1v) is 10.0. The van der Waals surface area contributed by atoms with Gasteiger partial charge in [0.15, 0.2) is 5.58 Å². The van der Waals surface area contributed by atoms with Gasteiger partial charge in [-0.25, -0.2) is 9.37 Å². The van der Waals surface area contributed by atoms with Gasteiger partial charge >= 0.3 is 0 Å². The lowest BCUT2D eigenvalue weighted by Gasteiger charge is -2.32. The van der Waals surface area contributed by atoms with Crippen LogP contribution in [0.1, 0.15) is 29.1 Å². The van der Waals surface area contributed by atoms with Crippen molar-refractivity contribution in [2.45, 2.75) is 25.4 Å². The molecule has 4 rings (SSSR count). The Morgan fingerprint density at radius 2 is 1.90 bits per heavy atom. The highest BCUT2D eigenvalue weighted by Gasteiger charge is 2.19. The van der Waals surface area contributed by atoms with E-state index in [1.807, 2.05) is 24.3 Å². The quantitative estimate of drug-likeness (QED) is 0.643. The summed E-state index contributed by atoms with van der Waals surface area (Å²) in [4.78, 5) is 18.9. The summed E-state index contributed by atoms with van der Waals surface area (Å²) >= 11 is 0. The van der Waals surface area contributed by atoms with Crippen molar-refractivity contribution >= 4 is 17.0 Å². The van der Waals surface area contributed by atoms with Crippen molar-refractivity contribution in [3.8, 4) is 0 Å². The fourth-order valence-electron chi connectivity index (χ4n) is 3.62. The zero-order chi connectivity index (χ0) is 20.1. The minimum Gasteiger partial charge on any atom is -0.439 e. The number of carbonyl (C=O) groups is 1. The van der Waals surface area contributed by atoms with E-state index in [1.165, 1.54) is 24.3 Å². The summed E-state index contributed by atoms with van der Waals surface area (Å²) in [5.41, 5.74) is 2.19. The molecule has 7 heteroatoms. The van der Waals surface area contributed by atoms with Gasteiger partial charge in [-0.15, -0.1) is 0 Å². The number of rotatable bonds is 7. The first-order chi connectivity index (χ1) is 14.2. The van der Waals surface area contributed by atoms with Gasteiger partial charge in [-0.3, -0.25) is 4.79 Å². The summed E-state index contributed by atoms with van der Waals surface area (Å²) < 4.78 is 18.7. The van der Waals surface area contributed by atoms with Crippen LogP contribution < -0.4 is 10.6 Å². The third-order valence-electron chi connectivity index (χ3n) is 5.29. The third-order valence-corrected chi connectivity index (χ3v) is 5.29. The Morgan fingerprint density at radius 1 is 1.14 bits per heavy atom. The first-order valence-electron chi connectivity index (χ1n) is 10.0. The van der Waals surface area contributed by atoms with E-state index in [9.17, 15) is 9.18 Å². The number of nitrogens with one attached hydrogen (secondary N) is 2. The molecule has 0 spiro atoms. The molecule has 29 heavy (non-hydrogen) atoms. The van der Waals surface area contributed by atoms with Crippen molar-refractivity contribution in [3.63, 3.8) is 0 Å². The van der Waals surface area contributed by atoms with Gasteiger partial charge in [-0.1, -0.05) is 12.1 Å². The Balaban J connectivity index is 1.15. The van der Waals surface area contributed by atoms with Crippen LogP contribution >= 0.6 is 0 Å². The molecule has 0 radical (unpaired) electrons. The Labute approximate surface area is 169 Å². The molecule has 2 aromatic carbocycles. The van der Waals surface area contributed by atoms with Crippen molar-refractivity contribution in [2.24, 2.45) is 0 Å². The summed E-state index contributed by atoms with van der Waals surface area (Å²) in [6, 6.07) is 13.8. The number of aromatic nitrogens is 1. The van der Waals surface area contributed by atoms with Crippen LogP contribution in [0.25, 0.3) is 11.1 Å². The molecule has 0 aliphatic carbocycles. The van der Waals surface area contributed by atoms with Crippen LogP contribution in [0.4, 0.5) is 4.39 Å². The molecule has 1 aromatic heterocycles. The minimum absolute atomic E-state index is 0.167. The number of hydrogen-bond donors (Lipinski definition) is 2. The maximum absolute atomic E-state index is 12.9. The average Bonchev–Trinajstić information content (AvgIpc) is 3.16. The molecule has 1 aliphatic rings. The predicted molar refractivity (Wildman–Crippen MR) is 109 cm³/mol. The number of amides is 1. The van der Waals surface area contributed by atoms with E-state index in [1.54, 1.807) is 0 Å². The maximum Gasteiger partial charge on any atom is 0.251 e. The van der Waals surface area contributed by atoms with E-state index < -0.39 is 0 Å². The van der Waals surface area contributed by atoms with E-state index in [0.717, 1.165) is 49.5 Å². The summed E-state index contributed by atoms with van der Waals surface area (Å²) in [6.45, 7) is 3.99. The first kappa shape index (κ1) is 19.5. The van der Waals surface area contributed by atoms with Gasteiger partial charge in [0.1, 0.15) is 11.3 Å². The van der Waals surface area contributed by atoms with Crippen LogP contribution in [0.5, 0.6) is 0 Å². The molecule has 2 N–H and O–H groups in total. The molecule has 2 heterocycles. The van der Waals surface area contributed by atoms with Crippen LogP contribution in [0.15, 0.2) is 52.9 Å². The Kier molecular flexibility index (Phi) is 6.17. The maximum atomic E-state index is 12.9. The molecule has 1 fully saturated rings. The van der Waals surface area contributed by atoms with E-state index >= 15 is 0 Å². The fourth-order valence-corrected chi connectivity index (χ4v) is 3.62. The van der Waals surface area contributed by atoms with E-state index in [2.05, 4.69) is 20.5 Å². The van der Waals surface area contributed by atoms with E-state index in [-0.39, 0.29) is 11.7 Å². The normalized spacial score (nSPS) is 15.6. The summed E-state index contributed by atoms with van der Waals surface area (Å²) in [5, 5.41) is 6.43. The van der Waals surface area contributed by atoms with Crippen LogP contribution in [-0.4, -0.2) is 48.0 Å². The van der Waals surface area contributed by atoms with E-state index in [0.29, 0.717) is 24.7 Å². The van der Waals surface area contributed by atoms with Crippen LogP contribution in [-0.2, 0) is 6.54 Å². The highest BCUT2D eigenvalue weighted by molar-refractivity contribution is 5.94. The predicted octanol–water partition coefficient (Wildman–Crippen LogP) is 2.95. The largest absolute Gasteiger partial charge is 0.439 e. The summed E-state index contributed by atoms with van der Waals surface area (Å²) in [5.74, 6) is 0.214. The second-order valence-corrected chi connectivity index (χ2v) is 7.33. The number of halogens is 1. The second-order valence-electron chi connectivity index (χ2n) is 7.33. The molecule has 0 saturated carbocycles. The minimum atomic E-state index is -0.339. The number of likely N-dealkylation sites (tertiary alicyclic amines) is 1. The van der Waals surface area contributed by atoms with Crippen molar-refractivity contribution < 1.29 is 13.6 Å². The Bertz CT molecular complexity index is 916. The molecule has 0 unspecified atom stereocenters. The zero-order valence-electron chi connectivity index (χ0n) is 16.2. The van der Waals surface area contributed by atoms with Crippen LogP contribution in [0.3, 0.4) is 0 Å². The molecule has 0 atom stereocenters. The molecule has 1 saturated heterocycles. The lowest BCUT2D eigenvalue weighted by molar-refractivity contribution is 0.0945. The molecule has 1 aliphatic heterocycles. The Morgan fingerprint density at radius 3 is 2.66 bits per heavy atom. The standard InChI is InChI=1S/C22H25FN4O2/c23-17-7-5-16(6-8-17)22(28)24-11-14-27-12-9-18(10-13-27)25-15-21-26-19-3-1-2-4-20(19)29-21/h1-8,18,25H,9-15H2,(H,24,28). The van der Waals surface area contributed by atoms with Gasteiger partial charge in [0, 0.05) is 24.7 Å². The van der Waals surface area contributed by atoms with Gasteiger partial charge in [-0.05, 0) is 62.3 Å². The van der Waals surface area contributed by atoms with Gasteiger partial charge in [0.25, 0.3) is 5.91 Å². The van der Waals surface area contributed by atoms with Gasteiger partial charge in [-0.2, -0.15) is 0 Å². The van der Waals surface area contributed by atoms with Crippen molar-refractivity contribution in [2.75, 3.05) is 26.2 Å². The Hall–Kier alpha value is -2.77. The lowest BCUT2D eigenvalue weighted by Crippen LogP contribution is -2.44. The number of fused-ring (bicyclic) bond motifs is 1. The van der Waals surface area contributed by atoms with E-state index in [4.69, 9.17) is 4.42 Å². The number of hydrogen-bond acceptors (Lipinski definition) is 5. The average molecular weight is 396 g/mol. The topological polar surface area (TPSA) is 70.4 Å². The molecule has 6 nitrogen and oxygen atoms in total. The van der Waals surface area contributed by atoms with Crippen molar-refractivity contribution in [1.82, 2.24) is 20.5 Å². The second kappa shape index (κ2) is 9.15. The highest BCUT2D eigenvalue weighted by atomic mass is 19.1. The molecule has 152 valence electrons. The van der Waals surface area contributed by atoms with Gasteiger partial charge in [0.05, 0.1) is 6.54 Å². The van der Waals surface area contributed by atoms with Gasteiger partial charge in [0.2, 0.25) is 5.89 Å². The number of piperidine rings is 1. The highest BCUT2D eigenvalue weighted by Crippen LogP contribution is 2.16. The lowest BCUT2D eigenvalue weighted by atomic mass is 10.1. The van der Waals surface area contributed by atoms with Crippen LogP contribution in [0.2, 0.25) is 0 Å². The summed E-state index contributed by atoms with van der Waals surface area (Å²) in [6.07, 6.45) is 2.10. The van der Waals surface area contributed by atoms with Gasteiger partial charge < -0.3 is 20.0 Å². The monoisotopic (exact) mass is 396 g/mol. The molecule has 0 bridgehead atoms. The van der Waals surface area contributed by atoms with Crippen molar-refractivity contribution in [1.29, 1.82) is 0 Å². The molecule has 3 aromatic rings. The number of carbonyl (C=O) groups excluding carboxylic acids is 1. The fraction of sp³-hybridized carbons (Fsp3) is 0.364. The third kappa shape index (κ3) is 5.19. The molecule has 1 amide bonds. The zero-order valence-corrected chi connectivity index (χ0v) is 16.2. The number of nitrogens with zero attached hydrogens (tertiary/aromatic N) is 2. The number of oxazole rings is 1. The van der Waals surface area contributed by atoms with Crippen molar-refractivity contribution in [3.05, 3.63) is 65.8 Å². The summed E-state index contributed by atoms with van der Waals surface area (Å²) in [7, 11) is 0. The number of para-hydroxylation sites is 2.